The van der Waals surface area contributed by atoms with E-state index in [0.717, 1.165) is 35.3 Å². The van der Waals surface area contributed by atoms with E-state index in [1.54, 1.807) is 6.07 Å². The van der Waals surface area contributed by atoms with Gasteiger partial charge in [0.1, 0.15) is 12.3 Å². The van der Waals surface area contributed by atoms with E-state index >= 15 is 0 Å². The molecular weight excluding hydrogens is 338 g/mol. The highest BCUT2D eigenvalue weighted by Crippen LogP contribution is 2.22. The molecule has 0 bridgehead atoms. The van der Waals surface area contributed by atoms with Gasteiger partial charge >= 0.3 is 0 Å². The van der Waals surface area contributed by atoms with Crippen molar-refractivity contribution in [1.29, 1.82) is 0 Å². The van der Waals surface area contributed by atoms with Crippen LogP contribution in [-0.2, 0) is 22.7 Å². The first kappa shape index (κ1) is 16.6. The van der Waals surface area contributed by atoms with Crippen LogP contribution in [0.4, 0.5) is 0 Å². The molecule has 1 unspecified atom stereocenters. The molecule has 3 rings (SSSR count). The van der Waals surface area contributed by atoms with E-state index in [1.807, 2.05) is 12.1 Å². The zero-order chi connectivity index (χ0) is 16.1. The lowest BCUT2D eigenvalue weighted by molar-refractivity contribution is 0.0895. The van der Waals surface area contributed by atoms with Gasteiger partial charge < -0.3 is 14.0 Å². The van der Waals surface area contributed by atoms with Crippen molar-refractivity contribution in [2.45, 2.75) is 32.5 Å². The summed E-state index contributed by atoms with van der Waals surface area (Å²) in [5.41, 5.74) is 0.377. The molecule has 23 heavy (non-hydrogen) atoms. The number of nitrogens with zero attached hydrogens (tertiary/aromatic N) is 1. The molecule has 1 aliphatic rings. The molecule has 0 N–H and O–H groups in total. The Labute approximate surface area is 143 Å². The van der Waals surface area contributed by atoms with Gasteiger partial charge in [0.05, 0.1) is 10.9 Å². The number of halogens is 1. The molecule has 1 saturated heterocycles. The van der Waals surface area contributed by atoms with Crippen LogP contribution in [0.3, 0.4) is 0 Å². The number of thiophene rings is 1. The minimum Gasteiger partial charge on any atom is -0.381 e. The maximum atomic E-state index is 12.1. The highest BCUT2D eigenvalue weighted by Gasteiger charge is 2.19. The monoisotopic (exact) mass is 355 g/mol. The van der Waals surface area contributed by atoms with E-state index in [1.165, 1.54) is 11.3 Å². The van der Waals surface area contributed by atoms with E-state index in [-0.39, 0.29) is 12.4 Å². The molecule has 0 aliphatic carbocycles. The molecule has 0 spiro atoms. The Morgan fingerprint density at radius 3 is 3.09 bits per heavy atom. The maximum Gasteiger partial charge on any atom is 0.184 e. The van der Waals surface area contributed by atoms with Gasteiger partial charge in [-0.3, -0.25) is 4.79 Å². The summed E-state index contributed by atoms with van der Waals surface area (Å²) in [6.45, 7) is 2.31. The second kappa shape index (κ2) is 8.06. The highest BCUT2D eigenvalue weighted by molar-refractivity contribution is 7.16. The smallest absolute Gasteiger partial charge is 0.184 e. The number of aromatic nitrogens is 1. The van der Waals surface area contributed by atoms with Gasteiger partial charge in [-0.15, -0.1) is 11.3 Å². The molecule has 0 amide bonds. The first-order valence-electron chi connectivity index (χ1n) is 7.59. The topological polar surface area (TPSA) is 61.6 Å². The van der Waals surface area contributed by atoms with E-state index in [9.17, 15) is 4.79 Å². The standard InChI is InChI=1S/C16H18ClNO4S/c17-16-4-2-13(23-16)10-21-9-12-7-14(18-22-12)15(19)3-1-11-5-6-20-8-11/h2,4,7,11H,1,3,5-6,8-10H2. The summed E-state index contributed by atoms with van der Waals surface area (Å²) in [5.74, 6) is 1.06. The zero-order valence-corrected chi connectivity index (χ0v) is 14.2. The number of carbonyl (C=O) groups excluding carboxylic acids is 1. The molecule has 124 valence electrons. The number of ether oxygens (including phenoxy) is 2. The Morgan fingerprint density at radius 2 is 2.35 bits per heavy atom. The Bertz CT molecular complexity index is 648. The lowest BCUT2D eigenvalue weighted by Crippen LogP contribution is -2.05. The second-order valence-corrected chi connectivity index (χ2v) is 7.37. The van der Waals surface area contributed by atoms with Crippen molar-refractivity contribution in [2.24, 2.45) is 5.92 Å². The molecule has 0 radical (unpaired) electrons. The van der Waals surface area contributed by atoms with Gasteiger partial charge in [-0.25, -0.2) is 0 Å². The normalized spacial score (nSPS) is 17.7. The number of hydrogen-bond donors (Lipinski definition) is 0. The van der Waals surface area contributed by atoms with E-state index in [0.29, 0.717) is 30.4 Å². The van der Waals surface area contributed by atoms with Gasteiger partial charge in [0.25, 0.3) is 0 Å². The van der Waals surface area contributed by atoms with Crippen LogP contribution in [0.25, 0.3) is 0 Å². The van der Waals surface area contributed by atoms with Gasteiger partial charge in [0.2, 0.25) is 0 Å². The summed E-state index contributed by atoms with van der Waals surface area (Å²) in [6, 6.07) is 5.43. The van der Waals surface area contributed by atoms with E-state index in [2.05, 4.69) is 5.16 Å². The summed E-state index contributed by atoms with van der Waals surface area (Å²) < 4.78 is 16.8. The van der Waals surface area contributed by atoms with Crippen molar-refractivity contribution < 1.29 is 18.8 Å². The quantitative estimate of drug-likeness (QED) is 0.667. The molecule has 0 saturated carbocycles. The van der Waals surface area contributed by atoms with Gasteiger partial charge in [-0.1, -0.05) is 16.8 Å². The molecule has 7 heteroatoms. The van der Waals surface area contributed by atoms with Crippen molar-refractivity contribution in [2.75, 3.05) is 13.2 Å². The average molecular weight is 356 g/mol. The Morgan fingerprint density at radius 1 is 1.43 bits per heavy atom. The fourth-order valence-corrected chi connectivity index (χ4v) is 3.49. The number of Topliss-reactive ketones (excluding diaryl/α,β-unsaturated/α-hetero) is 1. The van der Waals surface area contributed by atoms with Crippen LogP contribution >= 0.6 is 22.9 Å². The van der Waals surface area contributed by atoms with Gasteiger partial charge in [0, 0.05) is 30.6 Å². The largest absolute Gasteiger partial charge is 0.381 e. The first-order valence-corrected chi connectivity index (χ1v) is 8.78. The van der Waals surface area contributed by atoms with E-state index < -0.39 is 0 Å². The molecule has 2 aromatic rings. The third-order valence-corrected chi connectivity index (χ3v) is 4.97. The molecule has 5 nitrogen and oxygen atoms in total. The van der Waals surface area contributed by atoms with Crippen molar-refractivity contribution in [3.63, 3.8) is 0 Å². The summed E-state index contributed by atoms with van der Waals surface area (Å²) in [5, 5.41) is 3.84. The highest BCUT2D eigenvalue weighted by atomic mass is 35.5. The zero-order valence-electron chi connectivity index (χ0n) is 12.6. The van der Waals surface area contributed by atoms with E-state index in [4.69, 9.17) is 25.6 Å². The van der Waals surface area contributed by atoms with Crippen LogP contribution in [0, 0.1) is 5.92 Å². The minimum atomic E-state index is 0.0111. The Kier molecular flexibility index (Phi) is 5.83. The number of hydrogen-bond acceptors (Lipinski definition) is 6. The molecule has 0 aromatic carbocycles. The van der Waals surface area contributed by atoms with Crippen LogP contribution in [0.2, 0.25) is 4.34 Å². The summed E-state index contributed by atoms with van der Waals surface area (Å²) in [4.78, 5) is 13.1. The number of rotatable bonds is 8. The van der Waals surface area contributed by atoms with Crippen LogP contribution < -0.4 is 0 Å². The Balaban J connectivity index is 1.42. The lowest BCUT2D eigenvalue weighted by atomic mass is 10.00. The molecule has 1 atom stereocenters. The average Bonchev–Trinajstić information content (AvgIpc) is 3.27. The number of carbonyl (C=O) groups is 1. The van der Waals surface area contributed by atoms with Gasteiger partial charge in [0.15, 0.2) is 11.5 Å². The predicted molar refractivity (Wildman–Crippen MR) is 86.8 cm³/mol. The summed E-state index contributed by atoms with van der Waals surface area (Å²) in [6.07, 6.45) is 2.36. The van der Waals surface area contributed by atoms with Crippen molar-refractivity contribution in [1.82, 2.24) is 5.16 Å². The third kappa shape index (κ3) is 4.88. The molecule has 1 aliphatic heterocycles. The Hall–Kier alpha value is -1.21. The SMILES string of the molecule is O=C(CCC1CCOC1)c1cc(COCc2ccc(Cl)s2)on1. The molecule has 1 fully saturated rings. The number of ketones is 1. The van der Waals surface area contributed by atoms with Crippen LogP contribution in [-0.4, -0.2) is 24.2 Å². The first-order chi connectivity index (χ1) is 11.2. The molecule has 2 aromatic heterocycles. The van der Waals surface area contributed by atoms with Crippen LogP contribution in [0.5, 0.6) is 0 Å². The predicted octanol–water partition coefficient (Wildman–Crippen LogP) is 4.11. The van der Waals surface area contributed by atoms with Crippen molar-refractivity contribution in [3.05, 3.63) is 38.9 Å². The maximum absolute atomic E-state index is 12.1. The third-order valence-electron chi connectivity index (χ3n) is 3.77. The molecular formula is C16H18ClNO4S. The van der Waals surface area contributed by atoms with Gasteiger partial charge in [-0.2, -0.15) is 0 Å². The van der Waals surface area contributed by atoms with Crippen molar-refractivity contribution in [3.8, 4) is 0 Å². The summed E-state index contributed by atoms with van der Waals surface area (Å²) >= 11 is 7.34. The fourth-order valence-electron chi connectivity index (χ4n) is 2.47. The second-order valence-electron chi connectivity index (χ2n) is 5.57. The van der Waals surface area contributed by atoms with Crippen molar-refractivity contribution >= 4 is 28.7 Å². The van der Waals surface area contributed by atoms with Crippen LogP contribution in [0.15, 0.2) is 22.7 Å². The fraction of sp³-hybridized carbons (Fsp3) is 0.500. The van der Waals surface area contributed by atoms with Gasteiger partial charge in [-0.05, 0) is 30.9 Å². The minimum absolute atomic E-state index is 0.0111. The molecule has 3 heterocycles. The summed E-state index contributed by atoms with van der Waals surface area (Å²) in [7, 11) is 0. The van der Waals surface area contributed by atoms with Crippen LogP contribution in [0.1, 0.15) is 40.4 Å². The lowest BCUT2D eigenvalue weighted by Gasteiger charge is -2.04.